The Morgan fingerprint density at radius 2 is 1.11 bits per heavy atom. The van der Waals surface area contributed by atoms with E-state index in [0.717, 1.165) is 12.8 Å². The molecule has 0 unspecified atom stereocenters. The Labute approximate surface area is 202 Å². The first-order chi connectivity index (χ1) is 13.2. The van der Waals surface area contributed by atoms with Gasteiger partial charge in [-0.1, -0.05) is 96.8 Å². The van der Waals surface area contributed by atoms with Crippen LogP contribution in [0.1, 0.15) is 110 Å². The molecule has 0 atom stereocenters. The molecule has 0 aromatic heterocycles. The van der Waals surface area contributed by atoms with Crippen LogP contribution in [0.3, 0.4) is 0 Å². The third kappa shape index (κ3) is 16.7. The van der Waals surface area contributed by atoms with Crippen molar-refractivity contribution in [3.8, 4) is 11.5 Å². The average molecular weight is 419 g/mol. The van der Waals surface area contributed by atoms with Gasteiger partial charge in [-0.15, -0.1) is 0 Å². The first-order valence-electron chi connectivity index (χ1n) is 11.2. The fraction of sp³-hybridized carbons (Fsp3) is 0.708. The third-order valence-electron chi connectivity index (χ3n) is 5.05. The van der Waals surface area contributed by atoms with E-state index < -0.39 is 0 Å². The summed E-state index contributed by atoms with van der Waals surface area (Å²) in [5.41, 5.74) is 0. The zero-order valence-electron chi connectivity index (χ0n) is 17.4. The second-order valence-electron chi connectivity index (χ2n) is 7.67. The summed E-state index contributed by atoms with van der Waals surface area (Å²) in [5.74, 6) is 0.492. The van der Waals surface area contributed by atoms with E-state index in [1.807, 2.05) is 0 Å². The van der Waals surface area contributed by atoms with Crippen molar-refractivity contribution in [1.29, 1.82) is 0 Å². The van der Waals surface area contributed by atoms with Crippen LogP contribution in [0.4, 0.5) is 0 Å². The molecule has 0 amide bonds. The molecular formula is C24H42CaO3. The van der Waals surface area contributed by atoms with E-state index in [-0.39, 0.29) is 49.5 Å². The monoisotopic (exact) mass is 418 g/mol. The molecule has 0 radical (unpaired) electrons. The van der Waals surface area contributed by atoms with Crippen molar-refractivity contribution in [3.05, 3.63) is 24.3 Å². The number of phenols is 1. The van der Waals surface area contributed by atoms with Gasteiger partial charge in [0.15, 0.2) is 0 Å². The fourth-order valence-electron chi connectivity index (χ4n) is 3.34. The Kier molecular flexibility index (Phi) is 19.9. The van der Waals surface area contributed by atoms with Gasteiger partial charge in [-0.25, -0.2) is 0 Å². The third-order valence-corrected chi connectivity index (χ3v) is 5.05. The predicted octanol–water partition coefficient (Wildman–Crippen LogP) is 6.64. The van der Waals surface area contributed by atoms with Gasteiger partial charge in [-0.3, -0.25) is 4.79 Å². The fourth-order valence-corrected chi connectivity index (χ4v) is 3.34. The molecule has 1 aromatic carbocycles. The molecule has 0 heterocycles. The Morgan fingerprint density at radius 3 is 1.54 bits per heavy atom. The molecule has 0 saturated carbocycles. The van der Waals surface area contributed by atoms with E-state index in [2.05, 4.69) is 6.92 Å². The van der Waals surface area contributed by atoms with E-state index in [4.69, 9.17) is 4.74 Å². The number of hydrogen-bond acceptors (Lipinski definition) is 3. The number of ether oxygens (including phenoxy) is 1. The van der Waals surface area contributed by atoms with E-state index in [1.165, 1.54) is 95.6 Å². The molecule has 0 bridgehead atoms. The molecule has 3 nitrogen and oxygen atoms in total. The van der Waals surface area contributed by atoms with Crippen molar-refractivity contribution in [2.24, 2.45) is 0 Å². The maximum atomic E-state index is 11.7. The van der Waals surface area contributed by atoms with Gasteiger partial charge in [0.25, 0.3) is 0 Å². The van der Waals surface area contributed by atoms with Crippen molar-refractivity contribution >= 4 is 43.7 Å². The molecule has 0 spiro atoms. The Hall–Kier alpha value is -0.250. The minimum atomic E-state index is -0.185. The molecular weight excluding hydrogens is 376 g/mol. The summed E-state index contributed by atoms with van der Waals surface area (Å²) in [6.07, 6.45) is 20.3. The summed E-state index contributed by atoms with van der Waals surface area (Å²) in [7, 11) is 0. The van der Waals surface area contributed by atoms with E-state index in [9.17, 15) is 9.90 Å². The Morgan fingerprint density at radius 1 is 0.714 bits per heavy atom. The second kappa shape index (κ2) is 20.0. The van der Waals surface area contributed by atoms with Crippen LogP contribution in [0.5, 0.6) is 11.5 Å². The first-order valence-corrected chi connectivity index (χ1v) is 11.2. The predicted molar refractivity (Wildman–Crippen MR) is 122 cm³/mol. The molecule has 1 N–H and O–H groups in total. The summed E-state index contributed by atoms with van der Waals surface area (Å²) in [6, 6.07) is 6.27. The molecule has 28 heavy (non-hydrogen) atoms. The van der Waals surface area contributed by atoms with Gasteiger partial charge in [0.1, 0.15) is 11.5 Å². The minimum absolute atomic E-state index is 0. The molecule has 1 rings (SSSR count). The average Bonchev–Trinajstić information content (AvgIpc) is 2.66. The summed E-state index contributed by atoms with van der Waals surface area (Å²) < 4.78 is 5.24. The number of hydrogen-bond donors (Lipinski definition) is 1. The van der Waals surface area contributed by atoms with Crippen LogP contribution in [0.25, 0.3) is 0 Å². The van der Waals surface area contributed by atoms with Gasteiger partial charge in [0, 0.05) is 6.42 Å². The van der Waals surface area contributed by atoms with Crippen LogP contribution < -0.4 is 4.74 Å². The molecule has 1 aromatic rings. The molecule has 0 aliphatic rings. The van der Waals surface area contributed by atoms with Gasteiger partial charge in [-0.05, 0) is 30.7 Å². The summed E-state index contributed by atoms with van der Waals surface area (Å²) in [4.78, 5) is 11.7. The number of benzene rings is 1. The number of carbonyl (C=O) groups excluding carboxylic acids is 1. The van der Waals surface area contributed by atoms with E-state index >= 15 is 0 Å². The van der Waals surface area contributed by atoms with Crippen LogP contribution in [-0.2, 0) is 4.79 Å². The molecule has 4 heteroatoms. The normalized spacial score (nSPS) is 10.5. The van der Waals surface area contributed by atoms with Crippen LogP contribution in [0.2, 0.25) is 0 Å². The number of phenolic OH excluding ortho intramolecular Hbond substituents is 1. The van der Waals surface area contributed by atoms with E-state index in [1.54, 1.807) is 12.1 Å². The number of esters is 1. The number of aromatic hydroxyl groups is 1. The SMILES string of the molecule is CCCCCCCCCCCCCCCCCC(=O)Oc1ccc(O)cc1.[CaH2]. The van der Waals surface area contributed by atoms with Crippen LogP contribution in [0, 0.1) is 0 Å². The molecule has 0 aliphatic carbocycles. The van der Waals surface area contributed by atoms with Crippen molar-refractivity contribution in [3.63, 3.8) is 0 Å². The van der Waals surface area contributed by atoms with Gasteiger partial charge >= 0.3 is 43.7 Å². The zero-order chi connectivity index (χ0) is 19.6. The number of carbonyl (C=O) groups is 1. The van der Waals surface area contributed by atoms with Crippen LogP contribution in [-0.4, -0.2) is 48.8 Å². The topological polar surface area (TPSA) is 46.5 Å². The number of unbranched alkanes of at least 4 members (excludes halogenated alkanes) is 14. The maximum absolute atomic E-state index is 11.7. The summed E-state index contributed by atoms with van der Waals surface area (Å²) >= 11 is 0. The van der Waals surface area contributed by atoms with Crippen LogP contribution >= 0.6 is 0 Å². The Balaban J connectivity index is 0.00000729. The second-order valence-corrected chi connectivity index (χ2v) is 7.67. The van der Waals surface area contributed by atoms with Gasteiger partial charge in [-0.2, -0.15) is 0 Å². The Bertz CT molecular complexity index is 473. The summed E-state index contributed by atoms with van der Waals surface area (Å²) in [6.45, 7) is 2.27. The standard InChI is InChI=1S/C24H40O3.Ca.2H/c1-2-3-4-5-6-7-8-9-10-11-12-13-14-15-16-17-24(26)27-23-20-18-22(25)19-21-23;;;/h18-21,25H,2-17H2,1H3;;;. The zero-order valence-corrected chi connectivity index (χ0v) is 17.4. The van der Waals surface area contributed by atoms with E-state index in [0.29, 0.717) is 12.2 Å². The van der Waals surface area contributed by atoms with Crippen molar-refractivity contribution < 1.29 is 14.6 Å². The van der Waals surface area contributed by atoms with Gasteiger partial charge in [0.05, 0.1) is 0 Å². The molecule has 0 aliphatic heterocycles. The van der Waals surface area contributed by atoms with Gasteiger partial charge < -0.3 is 9.84 Å². The van der Waals surface area contributed by atoms with Crippen molar-refractivity contribution in [1.82, 2.24) is 0 Å². The van der Waals surface area contributed by atoms with Crippen molar-refractivity contribution in [2.75, 3.05) is 0 Å². The quantitative estimate of drug-likeness (QED) is 0.133. The van der Waals surface area contributed by atoms with Crippen LogP contribution in [0.15, 0.2) is 24.3 Å². The molecule has 158 valence electrons. The number of rotatable bonds is 17. The first kappa shape index (κ1) is 27.7. The van der Waals surface area contributed by atoms with Gasteiger partial charge in [0.2, 0.25) is 0 Å². The summed E-state index contributed by atoms with van der Waals surface area (Å²) in [5, 5.41) is 9.20. The van der Waals surface area contributed by atoms with Crippen molar-refractivity contribution in [2.45, 2.75) is 110 Å². The molecule has 0 saturated heterocycles. The molecule has 0 fully saturated rings.